The third-order valence-electron chi connectivity index (χ3n) is 1.94. The van der Waals surface area contributed by atoms with Crippen molar-refractivity contribution in [2.75, 3.05) is 0 Å². The Bertz CT molecular complexity index is 487. The van der Waals surface area contributed by atoms with Gasteiger partial charge < -0.3 is 0 Å². The number of sulfonamides is 1. The van der Waals surface area contributed by atoms with Crippen LogP contribution in [0, 0.1) is 0 Å². The van der Waals surface area contributed by atoms with Crippen molar-refractivity contribution in [2.24, 2.45) is 5.14 Å². The summed E-state index contributed by atoms with van der Waals surface area (Å²) in [6, 6.07) is 1.68. The van der Waals surface area contributed by atoms with Crippen LogP contribution < -0.4 is 5.14 Å². The molecule has 0 radical (unpaired) electrons. The van der Waals surface area contributed by atoms with Crippen molar-refractivity contribution in [3.8, 4) is 0 Å². The highest BCUT2D eigenvalue weighted by Gasteiger charge is 2.20. The summed E-state index contributed by atoms with van der Waals surface area (Å²) in [6.07, 6.45) is 1.78. The summed E-state index contributed by atoms with van der Waals surface area (Å²) in [5.74, 6) is 0. The van der Waals surface area contributed by atoms with Crippen LogP contribution in [-0.2, 0) is 16.4 Å². The first kappa shape index (κ1) is 10.2. The lowest BCUT2D eigenvalue weighted by atomic mass is 10.2. The Balaban J connectivity index is 2.47. The van der Waals surface area contributed by atoms with E-state index in [-0.39, 0.29) is 4.21 Å². The van der Waals surface area contributed by atoms with Gasteiger partial charge in [-0.2, -0.15) is 0 Å². The minimum absolute atomic E-state index is 0.254. The SMILES string of the molecule is C=C1CCc2cc(S(N)(=O)=O)sc2S1. The lowest BCUT2D eigenvalue weighted by Crippen LogP contribution is -2.09. The number of allylic oxidation sites excluding steroid dienone is 1. The number of nitrogens with two attached hydrogens (primary N) is 1. The largest absolute Gasteiger partial charge is 0.247 e. The number of hydrogen-bond acceptors (Lipinski definition) is 4. The maximum atomic E-state index is 11.1. The van der Waals surface area contributed by atoms with Gasteiger partial charge in [-0.05, 0) is 29.4 Å². The van der Waals surface area contributed by atoms with Crippen LogP contribution in [0.4, 0.5) is 0 Å². The zero-order valence-electron chi connectivity index (χ0n) is 7.32. The van der Waals surface area contributed by atoms with Crippen molar-refractivity contribution in [3.63, 3.8) is 0 Å². The smallest absolute Gasteiger partial charge is 0.224 e. The van der Waals surface area contributed by atoms with Crippen LogP contribution in [-0.4, -0.2) is 8.42 Å². The lowest BCUT2D eigenvalue weighted by Gasteiger charge is -2.11. The predicted octanol–water partition coefficient (Wildman–Crippen LogP) is 1.95. The van der Waals surface area contributed by atoms with Gasteiger partial charge in [0.2, 0.25) is 10.0 Å². The molecule has 1 aliphatic rings. The van der Waals surface area contributed by atoms with E-state index in [4.69, 9.17) is 5.14 Å². The molecular formula is C8H9NO2S3. The van der Waals surface area contributed by atoms with Crippen LogP contribution in [0.3, 0.4) is 0 Å². The molecule has 0 aromatic carbocycles. The first-order chi connectivity index (χ1) is 6.47. The molecule has 0 amide bonds. The summed E-state index contributed by atoms with van der Waals surface area (Å²) in [5.41, 5.74) is 1.08. The Kier molecular flexibility index (Phi) is 2.46. The van der Waals surface area contributed by atoms with Gasteiger partial charge in [0.05, 0.1) is 4.21 Å². The van der Waals surface area contributed by atoms with Crippen LogP contribution in [0.5, 0.6) is 0 Å². The quantitative estimate of drug-likeness (QED) is 0.825. The summed E-state index contributed by atoms with van der Waals surface area (Å²) < 4.78 is 23.5. The maximum absolute atomic E-state index is 11.1. The highest BCUT2D eigenvalue weighted by molar-refractivity contribution is 8.05. The van der Waals surface area contributed by atoms with Crippen molar-refractivity contribution in [1.29, 1.82) is 0 Å². The molecule has 0 unspecified atom stereocenters. The molecule has 0 fully saturated rings. The number of aryl methyl sites for hydroxylation is 1. The fraction of sp³-hybridized carbons (Fsp3) is 0.250. The van der Waals surface area contributed by atoms with Gasteiger partial charge in [0.25, 0.3) is 0 Å². The van der Waals surface area contributed by atoms with E-state index >= 15 is 0 Å². The second kappa shape index (κ2) is 3.37. The molecule has 0 saturated carbocycles. The van der Waals surface area contributed by atoms with Gasteiger partial charge in [0.15, 0.2) is 0 Å². The van der Waals surface area contributed by atoms with E-state index in [2.05, 4.69) is 6.58 Å². The Hall–Kier alpha value is -0.300. The van der Waals surface area contributed by atoms with Crippen molar-refractivity contribution in [2.45, 2.75) is 21.3 Å². The molecule has 14 heavy (non-hydrogen) atoms. The van der Waals surface area contributed by atoms with E-state index in [9.17, 15) is 8.42 Å². The van der Waals surface area contributed by atoms with E-state index in [1.54, 1.807) is 17.8 Å². The number of rotatable bonds is 1. The monoisotopic (exact) mass is 247 g/mol. The zero-order chi connectivity index (χ0) is 10.3. The molecule has 1 aliphatic heterocycles. The van der Waals surface area contributed by atoms with Crippen molar-refractivity contribution < 1.29 is 8.42 Å². The lowest BCUT2D eigenvalue weighted by molar-refractivity contribution is 0.599. The minimum Gasteiger partial charge on any atom is -0.224 e. The molecule has 0 spiro atoms. The first-order valence-electron chi connectivity index (χ1n) is 3.98. The summed E-state index contributed by atoms with van der Waals surface area (Å²) in [6.45, 7) is 3.87. The van der Waals surface area contributed by atoms with Crippen LogP contribution >= 0.6 is 23.1 Å². The highest BCUT2D eigenvalue weighted by atomic mass is 32.3. The normalized spacial score (nSPS) is 16.8. The molecule has 2 rings (SSSR count). The van der Waals surface area contributed by atoms with Gasteiger partial charge in [0.1, 0.15) is 4.21 Å². The maximum Gasteiger partial charge on any atom is 0.247 e. The molecule has 0 saturated heterocycles. The van der Waals surface area contributed by atoms with Crippen molar-refractivity contribution in [1.82, 2.24) is 0 Å². The zero-order valence-corrected chi connectivity index (χ0v) is 9.77. The van der Waals surface area contributed by atoms with Crippen LogP contribution in [0.15, 0.2) is 26.0 Å². The van der Waals surface area contributed by atoms with Crippen LogP contribution in [0.1, 0.15) is 12.0 Å². The average molecular weight is 247 g/mol. The molecule has 76 valence electrons. The molecule has 2 N–H and O–H groups in total. The van der Waals surface area contributed by atoms with E-state index in [0.29, 0.717) is 0 Å². The van der Waals surface area contributed by atoms with Gasteiger partial charge in [-0.25, -0.2) is 13.6 Å². The molecule has 0 atom stereocenters. The Morgan fingerprint density at radius 3 is 2.79 bits per heavy atom. The van der Waals surface area contributed by atoms with Gasteiger partial charge in [-0.15, -0.1) is 11.3 Å². The summed E-state index contributed by atoms with van der Waals surface area (Å²) >= 11 is 2.79. The first-order valence-corrected chi connectivity index (χ1v) is 7.16. The number of thioether (sulfide) groups is 1. The van der Waals surface area contributed by atoms with Gasteiger partial charge in [-0.3, -0.25) is 0 Å². The molecule has 0 bridgehead atoms. The number of primary sulfonamides is 1. The summed E-state index contributed by atoms with van der Waals surface area (Å²) in [5, 5.41) is 5.05. The Morgan fingerprint density at radius 2 is 2.14 bits per heavy atom. The average Bonchev–Trinajstić information content (AvgIpc) is 2.45. The van der Waals surface area contributed by atoms with E-state index in [1.807, 2.05) is 0 Å². The Labute approximate surface area is 91.1 Å². The number of hydrogen-bond donors (Lipinski definition) is 1. The third kappa shape index (κ3) is 1.88. The summed E-state index contributed by atoms with van der Waals surface area (Å²) in [7, 11) is -3.54. The van der Waals surface area contributed by atoms with Gasteiger partial charge in [0, 0.05) is 0 Å². The topological polar surface area (TPSA) is 60.2 Å². The van der Waals surface area contributed by atoms with E-state index in [1.165, 1.54) is 11.3 Å². The second-order valence-corrected chi connectivity index (χ2v) is 7.35. The highest BCUT2D eigenvalue weighted by Crippen LogP contribution is 2.43. The molecule has 1 aromatic heterocycles. The van der Waals surface area contributed by atoms with Crippen LogP contribution in [0.2, 0.25) is 0 Å². The molecule has 3 nitrogen and oxygen atoms in total. The van der Waals surface area contributed by atoms with Crippen molar-refractivity contribution >= 4 is 33.1 Å². The predicted molar refractivity (Wildman–Crippen MR) is 59.0 cm³/mol. The number of fused-ring (bicyclic) bond motifs is 1. The van der Waals surface area contributed by atoms with Crippen molar-refractivity contribution in [3.05, 3.63) is 23.1 Å². The molecule has 1 aromatic rings. The molecule has 2 heterocycles. The summed E-state index contributed by atoms with van der Waals surface area (Å²) in [4.78, 5) is 1.08. The minimum atomic E-state index is -3.54. The molecular weight excluding hydrogens is 238 g/mol. The van der Waals surface area contributed by atoms with E-state index in [0.717, 1.165) is 27.5 Å². The standard InChI is InChI=1S/C8H9NO2S3/c1-5-2-3-6-4-7(14(9,10)11)13-8(6)12-5/h4H,1-3H2,(H2,9,10,11). The van der Waals surface area contributed by atoms with Gasteiger partial charge in [-0.1, -0.05) is 18.3 Å². The van der Waals surface area contributed by atoms with Gasteiger partial charge >= 0.3 is 0 Å². The Morgan fingerprint density at radius 1 is 1.43 bits per heavy atom. The fourth-order valence-electron chi connectivity index (χ4n) is 1.24. The van der Waals surface area contributed by atoms with E-state index < -0.39 is 10.0 Å². The van der Waals surface area contributed by atoms with Crippen LogP contribution in [0.25, 0.3) is 0 Å². The molecule has 0 aliphatic carbocycles. The number of thiophene rings is 1. The third-order valence-corrected chi connectivity index (χ3v) is 5.77. The second-order valence-electron chi connectivity index (χ2n) is 3.06. The molecule has 6 heteroatoms. The fourth-order valence-corrected chi connectivity index (χ4v) is 4.65.